The SMILES string of the molecule is CNC(C)c1cccc(S(=O)(=O)NCc2ccccc2)c1. The van der Waals surface area contributed by atoms with E-state index in [0.717, 1.165) is 11.1 Å². The van der Waals surface area contributed by atoms with Crippen LogP contribution in [0.2, 0.25) is 0 Å². The monoisotopic (exact) mass is 304 g/mol. The molecule has 0 aromatic heterocycles. The molecule has 0 radical (unpaired) electrons. The number of sulfonamides is 1. The first-order valence-electron chi connectivity index (χ1n) is 6.84. The highest BCUT2D eigenvalue weighted by atomic mass is 32.2. The third-order valence-electron chi connectivity index (χ3n) is 3.41. The highest BCUT2D eigenvalue weighted by Gasteiger charge is 2.15. The molecule has 0 bridgehead atoms. The molecule has 2 N–H and O–H groups in total. The summed E-state index contributed by atoms with van der Waals surface area (Å²) >= 11 is 0. The molecular weight excluding hydrogens is 284 g/mol. The molecule has 0 saturated heterocycles. The summed E-state index contributed by atoms with van der Waals surface area (Å²) in [7, 11) is -1.65. The maximum absolute atomic E-state index is 12.3. The van der Waals surface area contributed by atoms with Crippen molar-refractivity contribution in [3.05, 3.63) is 65.7 Å². The van der Waals surface area contributed by atoms with Gasteiger partial charge in [0.2, 0.25) is 10.0 Å². The Bertz CT molecular complexity index is 684. The fourth-order valence-electron chi connectivity index (χ4n) is 1.98. The molecule has 0 heterocycles. The smallest absolute Gasteiger partial charge is 0.240 e. The minimum Gasteiger partial charge on any atom is -0.313 e. The van der Waals surface area contributed by atoms with Gasteiger partial charge in [-0.25, -0.2) is 13.1 Å². The lowest BCUT2D eigenvalue weighted by Gasteiger charge is -2.13. The van der Waals surface area contributed by atoms with Crippen LogP contribution >= 0.6 is 0 Å². The van der Waals surface area contributed by atoms with Crippen LogP contribution in [0.3, 0.4) is 0 Å². The van der Waals surface area contributed by atoms with E-state index in [2.05, 4.69) is 10.0 Å². The molecule has 0 aliphatic rings. The molecule has 112 valence electrons. The van der Waals surface area contributed by atoms with E-state index in [4.69, 9.17) is 0 Å². The Kier molecular flexibility index (Phi) is 5.12. The Balaban J connectivity index is 2.16. The number of hydrogen-bond acceptors (Lipinski definition) is 3. The minimum absolute atomic E-state index is 0.106. The normalized spacial score (nSPS) is 13.0. The van der Waals surface area contributed by atoms with E-state index in [1.54, 1.807) is 18.2 Å². The summed E-state index contributed by atoms with van der Waals surface area (Å²) < 4.78 is 27.3. The molecule has 0 amide bonds. The highest BCUT2D eigenvalue weighted by molar-refractivity contribution is 7.89. The Morgan fingerprint density at radius 3 is 2.43 bits per heavy atom. The van der Waals surface area contributed by atoms with Crippen LogP contribution in [0.25, 0.3) is 0 Å². The Hall–Kier alpha value is -1.69. The molecule has 0 fully saturated rings. The average molecular weight is 304 g/mol. The Labute approximate surface area is 126 Å². The fraction of sp³-hybridized carbons (Fsp3) is 0.250. The van der Waals surface area contributed by atoms with Gasteiger partial charge in [0.05, 0.1) is 4.90 Å². The predicted octanol–water partition coefficient (Wildman–Crippen LogP) is 2.45. The van der Waals surface area contributed by atoms with Crippen LogP contribution in [0.1, 0.15) is 24.1 Å². The lowest BCUT2D eigenvalue weighted by Crippen LogP contribution is -2.23. The van der Waals surface area contributed by atoms with Gasteiger partial charge in [-0.05, 0) is 37.2 Å². The van der Waals surface area contributed by atoms with Gasteiger partial charge in [-0.3, -0.25) is 0 Å². The quantitative estimate of drug-likeness (QED) is 0.862. The fourth-order valence-corrected chi connectivity index (χ4v) is 3.05. The molecule has 5 heteroatoms. The first-order chi connectivity index (χ1) is 10.0. The maximum atomic E-state index is 12.3. The second-order valence-electron chi connectivity index (χ2n) is 4.89. The van der Waals surface area contributed by atoms with Crippen LogP contribution in [0.15, 0.2) is 59.5 Å². The van der Waals surface area contributed by atoms with E-state index in [0.29, 0.717) is 0 Å². The van der Waals surface area contributed by atoms with E-state index in [-0.39, 0.29) is 17.5 Å². The van der Waals surface area contributed by atoms with Gasteiger partial charge in [-0.15, -0.1) is 0 Å². The van der Waals surface area contributed by atoms with E-state index in [1.165, 1.54) is 0 Å². The molecule has 0 aliphatic carbocycles. The zero-order valence-corrected chi connectivity index (χ0v) is 13.0. The highest BCUT2D eigenvalue weighted by Crippen LogP contribution is 2.17. The lowest BCUT2D eigenvalue weighted by molar-refractivity contribution is 0.580. The van der Waals surface area contributed by atoms with Crippen molar-refractivity contribution in [2.75, 3.05) is 7.05 Å². The summed E-state index contributed by atoms with van der Waals surface area (Å²) in [6, 6.07) is 16.6. The summed E-state index contributed by atoms with van der Waals surface area (Å²) in [5.41, 5.74) is 1.88. The van der Waals surface area contributed by atoms with Crippen LogP contribution in [-0.4, -0.2) is 15.5 Å². The Morgan fingerprint density at radius 2 is 1.76 bits per heavy atom. The number of benzene rings is 2. The molecule has 2 aromatic carbocycles. The van der Waals surface area contributed by atoms with Crippen molar-refractivity contribution >= 4 is 10.0 Å². The van der Waals surface area contributed by atoms with Crippen LogP contribution in [-0.2, 0) is 16.6 Å². The van der Waals surface area contributed by atoms with Crippen molar-refractivity contribution in [1.82, 2.24) is 10.0 Å². The maximum Gasteiger partial charge on any atom is 0.240 e. The van der Waals surface area contributed by atoms with Crippen LogP contribution in [0.5, 0.6) is 0 Å². The van der Waals surface area contributed by atoms with Gasteiger partial charge < -0.3 is 5.32 Å². The predicted molar refractivity (Wildman–Crippen MR) is 84.4 cm³/mol. The largest absolute Gasteiger partial charge is 0.313 e. The second-order valence-corrected chi connectivity index (χ2v) is 6.66. The van der Waals surface area contributed by atoms with Crippen molar-refractivity contribution in [2.45, 2.75) is 24.4 Å². The minimum atomic E-state index is -3.50. The van der Waals surface area contributed by atoms with Crippen molar-refractivity contribution in [3.63, 3.8) is 0 Å². The van der Waals surface area contributed by atoms with Crippen molar-refractivity contribution < 1.29 is 8.42 Å². The molecule has 0 spiro atoms. The van der Waals surface area contributed by atoms with E-state index in [1.807, 2.05) is 50.4 Å². The van der Waals surface area contributed by atoms with E-state index in [9.17, 15) is 8.42 Å². The zero-order valence-electron chi connectivity index (χ0n) is 12.2. The van der Waals surface area contributed by atoms with Gasteiger partial charge in [0.1, 0.15) is 0 Å². The summed E-state index contributed by atoms with van der Waals surface area (Å²) in [6.07, 6.45) is 0. The third kappa shape index (κ3) is 4.14. The summed E-state index contributed by atoms with van der Waals surface area (Å²) in [5.74, 6) is 0. The summed E-state index contributed by atoms with van der Waals surface area (Å²) in [5, 5.41) is 3.10. The van der Waals surface area contributed by atoms with Crippen LogP contribution < -0.4 is 10.0 Å². The van der Waals surface area contributed by atoms with Gasteiger partial charge in [-0.2, -0.15) is 0 Å². The number of rotatable bonds is 6. The zero-order chi connectivity index (χ0) is 15.3. The first kappa shape index (κ1) is 15.7. The van der Waals surface area contributed by atoms with Crippen molar-refractivity contribution in [1.29, 1.82) is 0 Å². The van der Waals surface area contributed by atoms with E-state index >= 15 is 0 Å². The van der Waals surface area contributed by atoms with Gasteiger partial charge in [0.15, 0.2) is 0 Å². The summed E-state index contributed by atoms with van der Waals surface area (Å²) in [4.78, 5) is 0.290. The molecule has 4 nitrogen and oxygen atoms in total. The number of hydrogen-bond donors (Lipinski definition) is 2. The van der Waals surface area contributed by atoms with Gasteiger partial charge in [0, 0.05) is 12.6 Å². The van der Waals surface area contributed by atoms with Crippen LogP contribution in [0, 0.1) is 0 Å². The molecule has 21 heavy (non-hydrogen) atoms. The van der Waals surface area contributed by atoms with Crippen molar-refractivity contribution in [2.24, 2.45) is 0 Å². The standard InChI is InChI=1S/C16H20N2O2S/c1-13(17-2)15-9-6-10-16(11-15)21(19,20)18-12-14-7-4-3-5-8-14/h3-11,13,17-18H,12H2,1-2H3. The molecule has 1 atom stereocenters. The van der Waals surface area contributed by atoms with Crippen molar-refractivity contribution in [3.8, 4) is 0 Å². The summed E-state index contributed by atoms with van der Waals surface area (Å²) in [6.45, 7) is 2.28. The van der Waals surface area contributed by atoms with E-state index < -0.39 is 10.0 Å². The molecule has 0 aliphatic heterocycles. The molecular formula is C16H20N2O2S. The molecule has 2 rings (SSSR count). The topological polar surface area (TPSA) is 58.2 Å². The third-order valence-corrected chi connectivity index (χ3v) is 4.81. The lowest BCUT2D eigenvalue weighted by atomic mass is 10.1. The molecule has 1 unspecified atom stereocenters. The van der Waals surface area contributed by atoms with Gasteiger partial charge in [0.25, 0.3) is 0 Å². The van der Waals surface area contributed by atoms with Gasteiger partial charge in [-0.1, -0.05) is 42.5 Å². The first-order valence-corrected chi connectivity index (χ1v) is 8.32. The van der Waals surface area contributed by atoms with Gasteiger partial charge >= 0.3 is 0 Å². The average Bonchev–Trinajstić information content (AvgIpc) is 2.53. The Morgan fingerprint density at radius 1 is 1.05 bits per heavy atom. The number of nitrogens with one attached hydrogen (secondary N) is 2. The molecule has 0 saturated carbocycles. The second kappa shape index (κ2) is 6.85. The van der Waals surface area contributed by atoms with Crippen LogP contribution in [0.4, 0.5) is 0 Å². The molecule has 2 aromatic rings.